The molecule has 4 nitrogen and oxygen atoms in total. The first-order valence-corrected chi connectivity index (χ1v) is 20.2. The van der Waals surface area contributed by atoms with E-state index in [1.807, 2.05) is 49.5 Å². The average Bonchev–Trinajstić information content (AvgIpc) is 3.42. The maximum absolute atomic E-state index is 6.06. The number of fused-ring (bicyclic) bond motifs is 3. The maximum Gasteiger partial charge on any atom is 0.216 e. The molecule has 0 saturated carbocycles. The molecule has 0 saturated heterocycles. The van der Waals surface area contributed by atoms with E-state index in [1.54, 1.807) is 0 Å². The predicted molar refractivity (Wildman–Crippen MR) is 203 cm³/mol. The van der Waals surface area contributed by atoms with Crippen molar-refractivity contribution < 1.29 is 24.5 Å². The first-order valence-electron chi connectivity index (χ1n) is 16.7. The molecule has 7 aromatic rings. The van der Waals surface area contributed by atoms with Gasteiger partial charge in [-0.25, -0.2) is 4.98 Å². The second-order valence-corrected chi connectivity index (χ2v) is 19.1. The van der Waals surface area contributed by atoms with Crippen LogP contribution in [-0.4, -0.2) is 23.0 Å². The Morgan fingerprint density at radius 3 is 2.24 bits per heavy atom. The summed E-state index contributed by atoms with van der Waals surface area (Å²) < 4.78 is 6.06. The van der Waals surface area contributed by atoms with Crippen molar-refractivity contribution in [2.45, 2.75) is 60.7 Å². The maximum atomic E-state index is 6.06. The van der Waals surface area contributed by atoms with Crippen molar-refractivity contribution in [3.8, 4) is 33.6 Å². The Kier molecular flexibility index (Phi) is 11.1. The van der Waals surface area contributed by atoms with Crippen LogP contribution in [0.2, 0.25) is 19.6 Å². The molecule has 49 heavy (non-hydrogen) atoms. The summed E-state index contributed by atoms with van der Waals surface area (Å²) in [7, 11) is -1.50. The van der Waals surface area contributed by atoms with Gasteiger partial charge in [0.05, 0.1) is 13.7 Å². The number of rotatable bonds is 6. The number of benzene rings is 3. The minimum Gasteiger partial charge on any atom is -0.486 e. The second kappa shape index (κ2) is 15.1. The second-order valence-electron chi connectivity index (χ2n) is 14.1. The summed E-state index contributed by atoms with van der Waals surface area (Å²) in [5.74, 6) is 0.610. The number of nitrogens with zero attached hydrogens (tertiary/aromatic N) is 3. The summed E-state index contributed by atoms with van der Waals surface area (Å²) in [6.07, 6.45) is 5.00. The van der Waals surface area contributed by atoms with E-state index in [2.05, 4.69) is 124 Å². The third-order valence-electron chi connectivity index (χ3n) is 8.61. The third kappa shape index (κ3) is 7.99. The van der Waals surface area contributed by atoms with E-state index in [4.69, 9.17) is 9.40 Å². The molecule has 4 heterocycles. The van der Waals surface area contributed by atoms with Gasteiger partial charge in [0.25, 0.3) is 0 Å². The molecule has 7 rings (SSSR count). The molecule has 1 radical (unpaired) electrons. The zero-order chi connectivity index (χ0) is 34.0. The van der Waals surface area contributed by atoms with Gasteiger partial charge in [-0.05, 0) is 90.1 Å². The van der Waals surface area contributed by atoms with Crippen molar-refractivity contribution in [3.63, 3.8) is 0 Å². The molecule has 0 amide bonds. The van der Waals surface area contributed by atoms with Crippen LogP contribution in [0.15, 0.2) is 102 Å². The van der Waals surface area contributed by atoms with Crippen molar-refractivity contribution in [1.29, 1.82) is 0 Å². The zero-order valence-electron chi connectivity index (χ0n) is 29.6. The van der Waals surface area contributed by atoms with Gasteiger partial charge >= 0.3 is 0 Å². The quantitative estimate of drug-likeness (QED) is 0.124. The minimum atomic E-state index is -1.50. The van der Waals surface area contributed by atoms with Crippen LogP contribution in [0.25, 0.3) is 55.7 Å². The van der Waals surface area contributed by atoms with Crippen LogP contribution in [0, 0.1) is 38.8 Å². The molecular formula is C43H43IrN3OSi-2. The Morgan fingerprint density at radius 2 is 1.55 bits per heavy atom. The van der Waals surface area contributed by atoms with Gasteiger partial charge in [-0.1, -0.05) is 80.3 Å². The number of furan rings is 1. The smallest absolute Gasteiger partial charge is 0.216 e. The summed E-state index contributed by atoms with van der Waals surface area (Å²) in [5.41, 5.74) is 12.9. The van der Waals surface area contributed by atoms with Crippen molar-refractivity contribution in [2.75, 3.05) is 0 Å². The first kappa shape index (κ1) is 36.1. The molecule has 0 aliphatic heterocycles. The Hall–Kier alpha value is -4.22. The number of hydrogen-bond donors (Lipinski definition) is 0. The van der Waals surface area contributed by atoms with E-state index in [9.17, 15) is 0 Å². The topological polar surface area (TPSA) is 51.8 Å². The van der Waals surface area contributed by atoms with E-state index in [0.29, 0.717) is 11.6 Å². The van der Waals surface area contributed by atoms with Crippen molar-refractivity contribution in [3.05, 3.63) is 132 Å². The Bertz CT molecular complexity index is 2200. The van der Waals surface area contributed by atoms with Gasteiger partial charge in [0.2, 0.25) is 5.71 Å². The van der Waals surface area contributed by atoms with Crippen molar-refractivity contribution >= 4 is 35.3 Å². The van der Waals surface area contributed by atoms with Gasteiger partial charge in [-0.15, -0.1) is 54.1 Å². The third-order valence-corrected chi connectivity index (χ3v) is 10.6. The van der Waals surface area contributed by atoms with Gasteiger partial charge in [0.1, 0.15) is 0 Å². The van der Waals surface area contributed by atoms with Gasteiger partial charge in [-0.2, -0.15) is 0 Å². The van der Waals surface area contributed by atoms with E-state index in [-0.39, 0.29) is 20.1 Å². The Labute approximate surface area is 305 Å². The normalized spacial score (nSPS) is 11.4. The molecule has 3 aromatic carbocycles. The molecule has 4 aromatic heterocycles. The van der Waals surface area contributed by atoms with Gasteiger partial charge < -0.3 is 14.4 Å². The SMILES string of the molecule is Cc1ccc2c(n1)oc1c(-c3cc(CC(C)C)ccn3)[c-]ccc12.Cc1cccc(C)c1-c1cc(-c2[c-]cccc2)ncc1[Si](C)(C)C.[Ir]. The number of pyridine rings is 3. The summed E-state index contributed by atoms with van der Waals surface area (Å²) in [6, 6.07) is 35.7. The van der Waals surface area contributed by atoms with Crippen LogP contribution in [0.5, 0.6) is 0 Å². The Morgan fingerprint density at radius 1 is 0.776 bits per heavy atom. The monoisotopic (exact) mass is 838 g/mol. The standard InChI is InChI=1S/C22H24NSi.C21H19N2O.Ir/c1-16-10-9-11-17(2)22(16)19-14-20(18-12-7-6-8-13-18)23-15-21(19)24(3,4)5;1-13(2)11-15-9-10-22-19(12-15)18-6-4-5-16-17-8-7-14(3)23-21(17)24-20(16)18;/h6-12,14-15H,1-5H3;4-5,7-10,12-13H,11H2,1-3H3;/q2*-1;. The molecule has 0 spiro atoms. The van der Waals surface area contributed by atoms with E-state index in [1.165, 1.54) is 33.0 Å². The number of aromatic nitrogens is 3. The molecule has 6 heteroatoms. The van der Waals surface area contributed by atoms with Crippen LogP contribution >= 0.6 is 0 Å². The van der Waals surface area contributed by atoms with E-state index >= 15 is 0 Å². The van der Waals surface area contributed by atoms with E-state index < -0.39 is 8.07 Å². The van der Waals surface area contributed by atoms with Crippen LogP contribution < -0.4 is 5.19 Å². The molecule has 0 aliphatic carbocycles. The van der Waals surface area contributed by atoms with Crippen molar-refractivity contribution in [2.24, 2.45) is 5.92 Å². The molecule has 251 valence electrons. The van der Waals surface area contributed by atoms with Crippen LogP contribution in [0.4, 0.5) is 0 Å². The van der Waals surface area contributed by atoms with Crippen LogP contribution in [-0.2, 0) is 26.5 Å². The molecule has 0 atom stereocenters. The molecule has 0 N–H and O–H groups in total. The van der Waals surface area contributed by atoms with Crippen LogP contribution in [0.3, 0.4) is 0 Å². The molecule has 0 fully saturated rings. The molecule has 0 aliphatic rings. The fourth-order valence-electron chi connectivity index (χ4n) is 6.31. The predicted octanol–water partition coefficient (Wildman–Crippen LogP) is 10.7. The molecular weight excluding hydrogens is 795 g/mol. The summed E-state index contributed by atoms with van der Waals surface area (Å²) in [4.78, 5) is 13.8. The first-order chi connectivity index (χ1) is 23.0. The number of hydrogen-bond acceptors (Lipinski definition) is 4. The van der Waals surface area contributed by atoms with Crippen molar-refractivity contribution in [1.82, 2.24) is 15.0 Å². The van der Waals surface area contributed by atoms with E-state index in [0.717, 1.165) is 51.0 Å². The summed E-state index contributed by atoms with van der Waals surface area (Å²) >= 11 is 0. The van der Waals surface area contributed by atoms with Gasteiger partial charge in [0, 0.05) is 43.6 Å². The number of aryl methyl sites for hydroxylation is 3. The fourth-order valence-corrected chi connectivity index (χ4v) is 7.77. The van der Waals surface area contributed by atoms with Gasteiger partial charge in [0.15, 0.2) is 0 Å². The fraction of sp³-hybridized carbons (Fsp3) is 0.233. The largest absolute Gasteiger partial charge is 0.486 e. The average molecular weight is 838 g/mol. The zero-order valence-corrected chi connectivity index (χ0v) is 33.0. The summed E-state index contributed by atoms with van der Waals surface area (Å²) in [6.45, 7) is 18.0. The van der Waals surface area contributed by atoms with Gasteiger partial charge in [-0.3, -0.25) is 0 Å². The van der Waals surface area contributed by atoms with Crippen LogP contribution in [0.1, 0.15) is 36.2 Å². The minimum absolute atomic E-state index is 0. The molecule has 0 bridgehead atoms. The molecule has 0 unspecified atom stereocenters. The summed E-state index contributed by atoms with van der Waals surface area (Å²) in [5, 5.41) is 3.51. The Balaban J connectivity index is 0.000000187.